The number of halogens is 1. The third kappa shape index (κ3) is 5.11. The minimum absolute atomic E-state index is 0.0783. The van der Waals surface area contributed by atoms with E-state index in [9.17, 15) is 13.5 Å². The molecule has 0 spiro atoms. The van der Waals surface area contributed by atoms with Crippen molar-refractivity contribution in [1.29, 1.82) is 0 Å². The number of hydrogen-bond donors (Lipinski definition) is 2. The molecule has 4 nitrogen and oxygen atoms in total. The summed E-state index contributed by atoms with van der Waals surface area (Å²) < 4.78 is 28.2. The van der Waals surface area contributed by atoms with Crippen molar-refractivity contribution in [2.75, 3.05) is 13.2 Å². The van der Waals surface area contributed by atoms with Gasteiger partial charge in [-0.2, -0.15) is 0 Å². The Morgan fingerprint density at radius 3 is 2.26 bits per heavy atom. The summed E-state index contributed by atoms with van der Waals surface area (Å²) in [5.74, 6) is 0. The van der Waals surface area contributed by atoms with Gasteiger partial charge >= 0.3 is 0 Å². The van der Waals surface area contributed by atoms with Crippen LogP contribution in [-0.4, -0.2) is 26.7 Å². The van der Waals surface area contributed by atoms with Crippen LogP contribution in [0.3, 0.4) is 0 Å². The Morgan fingerprint density at radius 1 is 1.00 bits per heavy atom. The molecular formula is C21H26ClNO3S. The van der Waals surface area contributed by atoms with Gasteiger partial charge in [-0.05, 0) is 66.5 Å². The van der Waals surface area contributed by atoms with Crippen molar-refractivity contribution in [2.45, 2.75) is 43.4 Å². The highest BCUT2D eigenvalue weighted by atomic mass is 35.5. The van der Waals surface area contributed by atoms with Crippen molar-refractivity contribution in [2.24, 2.45) is 5.41 Å². The zero-order chi connectivity index (χ0) is 19.3. The number of aliphatic hydroxyl groups excluding tert-OH is 1. The Hall–Kier alpha value is -1.40. The topological polar surface area (TPSA) is 66.4 Å². The first kappa shape index (κ1) is 20.3. The molecule has 146 valence electrons. The van der Waals surface area contributed by atoms with E-state index in [2.05, 4.69) is 10.8 Å². The van der Waals surface area contributed by atoms with E-state index < -0.39 is 10.0 Å². The van der Waals surface area contributed by atoms with Gasteiger partial charge in [0.05, 0.1) is 4.90 Å². The van der Waals surface area contributed by atoms with Gasteiger partial charge in [0, 0.05) is 18.2 Å². The van der Waals surface area contributed by atoms with Gasteiger partial charge in [-0.15, -0.1) is 0 Å². The van der Waals surface area contributed by atoms with E-state index >= 15 is 0 Å². The molecule has 0 heterocycles. The maximum Gasteiger partial charge on any atom is 0.240 e. The number of nitrogens with one attached hydrogen (secondary N) is 1. The molecule has 1 aliphatic rings. The van der Waals surface area contributed by atoms with Crippen molar-refractivity contribution in [3.05, 3.63) is 64.7 Å². The van der Waals surface area contributed by atoms with Gasteiger partial charge in [0.25, 0.3) is 0 Å². The predicted octanol–water partition coefficient (Wildman–Crippen LogP) is 3.96. The van der Waals surface area contributed by atoms with Crippen molar-refractivity contribution in [3.63, 3.8) is 0 Å². The Kier molecular flexibility index (Phi) is 6.58. The summed E-state index contributed by atoms with van der Waals surface area (Å²) in [6, 6.07) is 14.4. The standard InChI is InChI=1S/C21H26ClNO3S/c22-19-7-9-20(10-8-19)27(25,26)23-16-21(12-3-4-13-21)15-18-6-2-1-5-17(18)11-14-24/h1-2,5-10,23-24H,3-4,11-16H2. The minimum atomic E-state index is -3.56. The number of sulfonamides is 1. The van der Waals surface area contributed by atoms with Gasteiger partial charge in [0.1, 0.15) is 0 Å². The van der Waals surface area contributed by atoms with E-state index in [4.69, 9.17) is 11.6 Å². The van der Waals surface area contributed by atoms with Crippen LogP contribution in [0.1, 0.15) is 36.8 Å². The lowest BCUT2D eigenvalue weighted by Gasteiger charge is -2.30. The smallest absolute Gasteiger partial charge is 0.240 e. The number of hydrogen-bond acceptors (Lipinski definition) is 3. The van der Waals surface area contributed by atoms with Gasteiger partial charge in [-0.1, -0.05) is 48.7 Å². The molecule has 27 heavy (non-hydrogen) atoms. The third-order valence-electron chi connectivity index (χ3n) is 5.49. The second-order valence-corrected chi connectivity index (χ2v) is 9.61. The molecule has 1 aliphatic carbocycles. The lowest BCUT2D eigenvalue weighted by Crippen LogP contribution is -2.37. The van der Waals surface area contributed by atoms with Crippen molar-refractivity contribution < 1.29 is 13.5 Å². The number of aliphatic hydroxyl groups is 1. The van der Waals surface area contributed by atoms with E-state index in [1.807, 2.05) is 18.2 Å². The molecule has 2 aromatic carbocycles. The SMILES string of the molecule is O=S(=O)(NCC1(Cc2ccccc2CCO)CCCC1)c1ccc(Cl)cc1. The quantitative estimate of drug-likeness (QED) is 0.696. The molecule has 0 amide bonds. The molecule has 1 fully saturated rings. The van der Waals surface area contributed by atoms with Gasteiger partial charge in [-0.3, -0.25) is 0 Å². The maximum absolute atomic E-state index is 12.7. The van der Waals surface area contributed by atoms with E-state index in [0.29, 0.717) is 18.0 Å². The lowest BCUT2D eigenvalue weighted by molar-refractivity contribution is 0.288. The second kappa shape index (κ2) is 8.74. The molecule has 0 bridgehead atoms. The fourth-order valence-electron chi connectivity index (χ4n) is 3.98. The van der Waals surface area contributed by atoms with Crippen LogP contribution in [0.4, 0.5) is 0 Å². The second-order valence-electron chi connectivity index (χ2n) is 7.40. The molecule has 0 saturated heterocycles. The monoisotopic (exact) mass is 407 g/mol. The summed E-state index contributed by atoms with van der Waals surface area (Å²) in [5.41, 5.74) is 2.27. The Morgan fingerprint density at radius 2 is 1.63 bits per heavy atom. The zero-order valence-electron chi connectivity index (χ0n) is 15.3. The number of rotatable bonds is 8. The highest BCUT2D eigenvalue weighted by Crippen LogP contribution is 2.41. The van der Waals surface area contributed by atoms with Crippen molar-refractivity contribution >= 4 is 21.6 Å². The fourth-order valence-corrected chi connectivity index (χ4v) is 5.27. The molecule has 0 unspecified atom stereocenters. The first-order valence-electron chi connectivity index (χ1n) is 9.37. The molecule has 1 saturated carbocycles. The maximum atomic E-state index is 12.7. The number of benzene rings is 2. The third-order valence-corrected chi connectivity index (χ3v) is 7.16. The van der Waals surface area contributed by atoms with Gasteiger partial charge in [-0.25, -0.2) is 13.1 Å². The molecule has 0 atom stereocenters. The van der Waals surface area contributed by atoms with Crippen LogP contribution >= 0.6 is 11.6 Å². The normalized spacial score (nSPS) is 16.5. The summed E-state index contributed by atoms with van der Waals surface area (Å²) in [4.78, 5) is 0.237. The highest BCUT2D eigenvalue weighted by molar-refractivity contribution is 7.89. The average Bonchev–Trinajstić information content (AvgIpc) is 3.11. The molecule has 2 aromatic rings. The van der Waals surface area contributed by atoms with Crippen LogP contribution in [0.15, 0.2) is 53.4 Å². The van der Waals surface area contributed by atoms with Gasteiger partial charge < -0.3 is 5.11 Å². The van der Waals surface area contributed by atoms with Crippen LogP contribution in [0.5, 0.6) is 0 Å². The van der Waals surface area contributed by atoms with E-state index in [0.717, 1.165) is 37.7 Å². The summed E-state index contributed by atoms with van der Waals surface area (Å²) >= 11 is 5.86. The molecule has 2 N–H and O–H groups in total. The minimum Gasteiger partial charge on any atom is -0.396 e. The van der Waals surface area contributed by atoms with Crippen molar-refractivity contribution in [3.8, 4) is 0 Å². The molecular weight excluding hydrogens is 382 g/mol. The summed E-state index contributed by atoms with van der Waals surface area (Å²) in [7, 11) is -3.56. The van der Waals surface area contributed by atoms with E-state index in [-0.39, 0.29) is 16.9 Å². The van der Waals surface area contributed by atoms with Gasteiger partial charge in [0.2, 0.25) is 10.0 Å². The summed E-state index contributed by atoms with van der Waals surface area (Å²) in [5, 5.41) is 9.84. The molecule has 0 aliphatic heterocycles. The van der Waals surface area contributed by atoms with Gasteiger partial charge in [0.15, 0.2) is 0 Å². The fraction of sp³-hybridized carbons (Fsp3) is 0.429. The first-order chi connectivity index (χ1) is 12.9. The predicted molar refractivity (Wildman–Crippen MR) is 108 cm³/mol. The average molecular weight is 408 g/mol. The first-order valence-corrected chi connectivity index (χ1v) is 11.2. The van der Waals surface area contributed by atoms with E-state index in [1.165, 1.54) is 17.7 Å². The summed E-state index contributed by atoms with van der Waals surface area (Å²) in [6.07, 6.45) is 5.69. The Balaban J connectivity index is 1.77. The van der Waals surface area contributed by atoms with E-state index in [1.54, 1.807) is 12.1 Å². The molecule has 3 rings (SSSR count). The van der Waals surface area contributed by atoms with Crippen LogP contribution in [0.25, 0.3) is 0 Å². The lowest BCUT2D eigenvalue weighted by atomic mass is 9.79. The van der Waals surface area contributed by atoms with Crippen LogP contribution < -0.4 is 4.72 Å². The molecule has 0 radical (unpaired) electrons. The van der Waals surface area contributed by atoms with Crippen molar-refractivity contribution in [1.82, 2.24) is 4.72 Å². The molecule has 0 aromatic heterocycles. The van der Waals surface area contributed by atoms with Crippen LogP contribution in [0, 0.1) is 5.41 Å². The van der Waals surface area contributed by atoms with Crippen LogP contribution in [0.2, 0.25) is 5.02 Å². The highest BCUT2D eigenvalue weighted by Gasteiger charge is 2.35. The zero-order valence-corrected chi connectivity index (χ0v) is 16.9. The summed E-state index contributed by atoms with van der Waals surface area (Å²) in [6.45, 7) is 0.540. The Labute approximate surface area is 166 Å². The largest absolute Gasteiger partial charge is 0.396 e. The molecule has 6 heteroatoms. The Bertz CT molecular complexity index is 859. The van der Waals surface area contributed by atoms with Crippen LogP contribution in [-0.2, 0) is 22.9 Å².